The molecule has 23 heteroatoms. The Balaban J connectivity index is 1.06. The monoisotopic (exact) mass is 710 g/mol. The third-order valence-electron chi connectivity index (χ3n) is 10.6. The van der Waals surface area contributed by atoms with Crippen molar-refractivity contribution in [3.05, 3.63) is 29.3 Å². The summed E-state index contributed by atoms with van der Waals surface area (Å²) in [6.07, 6.45) is -0.619. The summed E-state index contributed by atoms with van der Waals surface area (Å²) >= 11 is 4.25. The van der Waals surface area contributed by atoms with E-state index in [0.717, 1.165) is 0 Å². The minimum Gasteiger partial charge on any atom is -0.388 e. The molecule has 8 N–H and O–H groups in total. The maximum Gasteiger partial charge on any atom is 0.472 e. The number of hydrogen-bond donors (Lipinski definition) is 7. The number of nitrogens with two attached hydrogens (primary N) is 2. The average Bonchev–Trinajstić information content (AvgIpc) is 3.71. The predicted octanol–water partition coefficient (Wildman–Crippen LogP) is -0.0768. The van der Waals surface area contributed by atoms with Crippen LogP contribution in [-0.4, -0.2) is 91.8 Å². The molecule has 9 rings (SSSR count). The summed E-state index contributed by atoms with van der Waals surface area (Å²) in [6.45, 7) is -5.01. The topological polar surface area (TPSA) is 291 Å². The molecule has 4 aromatic heterocycles. The van der Waals surface area contributed by atoms with Gasteiger partial charge in [-0.3, -0.25) is 23.3 Å². The summed E-state index contributed by atoms with van der Waals surface area (Å²) in [7, 11) is -4.88. The lowest BCUT2D eigenvalue weighted by Gasteiger charge is -2.34. The van der Waals surface area contributed by atoms with Crippen LogP contribution in [0.1, 0.15) is 24.9 Å². The Labute approximate surface area is 268 Å². The highest BCUT2D eigenvalue weighted by Crippen LogP contribution is 2.76. The Morgan fingerprint density at radius 1 is 0.894 bits per heavy atom. The molecule has 12 atom stereocenters. The van der Waals surface area contributed by atoms with Crippen LogP contribution in [0.2, 0.25) is 0 Å². The molecule has 4 aromatic rings. The number of hydrogen-bond acceptors (Lipinski definition) is 16. The molecule has 5 aliphatic rings. The number of phosphoric ester groups is 1. The SMILES string of the molecule is Nc1nc2c(ncn2[C@H]2[C@H](O)[C@@H]3OP(=O)(O)OCC45C[C@@H]4[C@@H](n4cnc6c(N)ncnc64)[C@H](O)[C@@H]5O[P@@](=O)(S)OCC34C[C@H]24)c(=O)[nH]1. The number of aliphatic hydroxyl groups is 2. The van der Waals surface area contributed by atoms with Gasteiger partial charge in [-0.2, -0.15) is 4.98 Å². The molecule has 5 heterocycles. The van der Waals surface area contributed by atoms with Crippen LogP contribution in [-0.2, 0) is 27.2 Å². The third-order valence-corrected chi connectivity index (χ3v) is 13.1. The van der Waals surface area contributed by atoms with Gasteiger partial charge in [0.15, 0.2) is 22.6 Å². The number of thiol groups is 1. The zero-order chi connectivity index (χ0) is 32.8. The summed E-state index contributed by atoms with van der Waals surface area (Å²) in [6, 6.07) is -1.56. The highest BCUT2D eigenvalue weighted by molar-refractivity contribution is 8.44. The fourth-order valence-corrected chi connectivity index (χ4v) is 11.0. The lowest BCUT2D eigenvalue weighted by atomic mass is 10.0. The number of anilines is 2. The second-order valence-electron chi connectivity index (χ2n) is 12.9. The van der Waals surface area contributed by atoms with Crippen molar-refractivity contribution in [1.29, 1.82) is 0 Å². The van der Waals surface area contributed by atoms with Crippen LogP contribution in [0.15, 0.2) is 23.8 Å². The number of rotatable bonds is 2. The number of fused-ring (bicyclic) bond motifs is 2. The second kappa shape index (κ2) is 9.59. The maximum atomic E-state index is 13.8. The van der Waals surface area contributed by atoms with Gasteiger partial charge in [-0.05, 0) is 24.7 Å². The molecule has 0 aromatic carbocycles. The number of aromatic amines is 1. The Kier molecular flexibility index (Phi) is 6.14. The molecule has 47 heavy (non-hydrogen) atoms. The van der Waals surface area contributed by atoms with E-state index >= 15 is 0 Å². The van der Waals surface area contributed by atoms with Crippen molar-refractivity contribution in [1.82, 2.24) is 39.0 Å². The zero-order valence-corrected chi connectivity index (χ0v) is 26.7. The summed E-state index contributed by atoms with van der Waals surface area (Å²) in [5.41, 5.74) is 9.66. The van der Waals surface area contributed by atoms with Crippen molar-refractivity contribution < 1.29 is 42.3 Å². The van der Waals surface area contributed by atoms with E-state index in [0.29, 0.717) is 24.0 Å². The van der Waals surface area contributed by atoms with Crippen molar-refractivity contribution >= 4 is 61.0 Å². The van der Waals surface area contributed by atoms with Crippen molar-refractivity contribution in [2.75, 3.05) is 24.7 Å². The van der Waals surface area contributed by atoms with Gasteiger partial charge in [-0.15, -0.1) is 0 Å². The number of phosphoric acid groups is 1. The molecule has 1 aliphatic heterocycles. The van der Waals surface area contributed by atoms with Crippen LogP contribution < -0.4 is 17.0 Å². The van der Waals surface area contributed by atoms with Gasteiger partial charge in [-0.25, -0.2) is 29.1 Å². The quantitative estimate of drug-likeness (QED) is 0.106. The third kappa shape index (κ3) is 4.22. The van der Waals surface area contributed by atoms with Gasteiger partial charge in [0.1, 0.15) is 36.3 Å². The van der Waals surface area contributed by atoms with E-state index in [2.05, 4.69) is 42.2 Å². The number of nitrogens with zero attached hydrogens (tertiary/aromatic N) is 7. The number of aliphatic hydroxyl groups excluding tert-OH is 2. The van der Waals surface area contributed by atoms with Gasteiger partial charge in [0.2, 0.25) is 5.95 Å². The first-order valence-electron chi connectivity index (χ1n) is 14.6. The smallest absolute Gasteiger partial charge is 0.388 e. The van der Waals surface area contributed by atoms with Crippen LogP contribution in [0.25, 0.3) is 22.3 Å². The molecule has 3 unspecified atom stereocenters. The Bertz CT molecular complexity index is 2150. The molecular formula is C24H28N10O10P2S. The molecule has 5 fully saturated rings. The number of imidazole rings is 2. The minimum absolute atomic E-state index is 0.0187. The van der Waals surface area contributed by atoms with Crippen molar-refractivity contribution in [3.8, 4) is 0 Å². The largest absolute Gasteiger partial charge is 0.472 e. The minimum atomic E-state index is -4.88. The summed E-state index contributed by atoms with van der Waals surface area (Å²) in [4.78, 5) is 46.6. The van der Waals surface area contributed by atoms with E-state index in [9.17, 15) is 29.0 Å². The van der Waals surface area contributed by atoms with Crippen LogP contribution in [0.4, 0.5) is 11.8 Å². The van der Waals surface area contributed by atoms with E-state index < -0.39 is 86.0 Å². The fraction of sp³-hybridized carbons (Fsp3) is 0.583. The lowest BCUT2D eigenvalue weighted by Crippen LogP contribution is -2.40. The number of H-pyrrole nitrogens is 1. The van der Waals surface area contributed by atoms with Gasteiger partial charge in [0.25, 0.3) is 5.56 Å². The molecule has 4 saturated carbocycles. The van der Waals surface area contributed by atoms with Crippen LogP contribution in [0.3, 0.4) is 0 Å². The summed E-state index contributed by atoms with van der Waals surface area (Å²) in [5, 5.41) is 23.2. The number of aromatic nitrogens is 8. The van der Waals surface area contributed by atoms with Gasteiger partial charge in [-0.1, -0.05) is 12.2 Å². The molecule has 0 amide bonds. The van der Waals surface area contributed by atoms with Gasteiger partial charge in [0, 0.05) is 10.8 Å². The molecule has 0 radical (unpaired) electrons. The average molecular weight is 711 g/mol. The number of nitrogens with one attached hydrogen (secondary N) is 1. The van der Waals surface area contributed by atoms with Gasteiger partial charge >= 0.3 is 14.6 Å². The molecule has 4 aliphatic carbocycles. The van der Waals surface area contributed by atoms with Crippen LogP contribution >= 0.6 is 26.9 Å². The molecule has 250 valence electrons. The molecular weight excluding hydrogens is 682 g/mol. The Hall–Kier alpha value is -2.97. The standard InChI is InChI=1S/C24H28N10O10P2S/c25-18-10-19(28-5-27-18)33(6-29-10)12-8-1-23(8)3-41-45(38,39)43-16-14(35)13(34-7-30-11-20(34)31-22(26)32-21(11)37)9-2-24(9,16)4-42-46(40,47)44-17(23)15(12)36/h5-9,12-17,35-36H,1-4H2,(H,38,39)(H,40,47)(H2,25,27,28)(H3,26,31,32,37)/t8-,9-,12-,13-,14+,15+,16+,17+,23?,24?,46+/m1/s1. The summed E-state index contributed by atoms with van der Waals surface area (Å²) in [5.74, 6) is -0.887. The predicted molar refractivity (Wildman–Crippen MR) is 162 cm³/mol. The van der Waals surface area contributed by atoms with Gasteiger partial charge in [0.05, 0.1) is 38.0 Å². The first-order valence-corrected chi connectivity index (χ1v) is 18.8. The number of nitrogen functional groups attached to an aromatic ring is 2. The summed E-state index contributed by atoms with van der Waals surface area (Å²) < 4.78 is 53.5. The molecule has 0 bridgehead atoms. The van der Waals surface area contributed by atoms with E-state index in [4.69, 9.17) is 29.6 Å². The zero-order valence-electron chi connectivity index (χ0n) is 24.0. The van der Waals surface area contributed by atoms with Crippen molar-refractivity contribution in [3.63, 3.8) is 0 Å². The van der Waals surface area contributed by atoms with Crippen molar-refractivity contribution in [2.24, 2.45) is 22.7 Å². The van der Waals surface area contributed by atoms with E-state index in [1.165, 1.54) is 23.5 Å². The molecule has 2 spiro atoms. The van der Waals surface area contributed by atoms with Crippen molar-refractivity contribution in [2.45, 2.75) is 49.3 Å². The first kappa shape index (κ1) is 30.1. The second-order valence-corrected chi connectivity index (χ2v) is 17.2. The molecule has 1 saturated heterocycles. The highest BCUT2D eigenvalue weighted by Gasteiger charge is 2.76. The fourth-order valence-electron chi connectivity index (χ4n) is 8.34. The van der Waals surface area contributed by atoms with Crippen LogP contribution in [0.5, 0.6) is 0 Å². The first-order chi connectivity index (χ1) is 22.3. The Morgan fingerprint density at radius 3 is 2.17 bits per heavy atom. The van der Waals surface area contributed by atoms with Crippen LogP contribution in [0, 0.1) is 22.7 Å². The van der Waals surface area contributed by atoms with E-state index in [1.807, 2.05) is 0 Å². The lowest BCUT2D eigenvalue weighted by molar-refractivity contribution is -0.0526. The highest BCUT2D eigenvalue weighted by atomic mass is 32.7. The Morgan fingerprint density at radius 2 is 1.49 bits per heavy atom. The molecule has 20 nitrogen and oxygen atoms in total. The maximum absolute atomic E-state index is 13.8. The van der Waals surface area contributed by atoms with Gasteiger partial charge < -0.3 is 40.2 Å². The van der Waals surface area contributed by atoms with E-state index in [1.54, 1.807) is 4.57 Å². The van der Waals surface area contributed by atoms with E-state index in [-0.39, 0.29) is 29.5 Å². The normalized spacial score (nSPS) is 44.3.